The standard InChI is InChI=1S/C16H31N3O5S/c1-5-24-16(21)18-9-7-14(8-10-18)17-15(20)12-19(25(4,22)23)11-6-13(2)3/h13-14H,5-12H2,1-4H3,(H,17,20). The van der Waals surface area contributed by atoms with Crippen molar-refractivity contribution in [3.05, 3.63) is 0 Å². The molecule has 0 atom stereocenters. The van der Waals surface area contributed by atoms with Gasteiger partial charge in [0.2, 0.25) is 15.9 Å². The molecule has 146 valence electrons. The van der Waals surface area contributed by atoms with Gasteiger partial charge in [-0.05, 0) is 32.1 Å². The van der Waals surface area contributed by atoms with E-state index in [2.05, 4.69) is 5.32 Å². The Kier molecular flexibility index (Phi) is 8.64. The topological polar surface area (TPSA) is 96.0 Å². The van der Waals surface area contributed by atoms with Gasteiger partial charge >= 0.3 is 6.09 Å². The minimum absolute atomic E-state index is 0.0512. The summed E-state index contributed by atoms with van der Waals surface area (Å²) in [6, 6.07) is -0.0512. The number of nitrogens with one attached hydrogen (secondary N) is 1. The summed E-state index contributed by atoms with van der Waals surface area (Å²) in [5.41, 5.74) is 0. The molecule has 0 radical (unpaired) electrons. The van der Waals surface area contributed by atoms with Crippen LogP contribution in [0.2, 0.25) is 0 Å². The fourth-order valence-electron chi connectivity index (χ4n) is 2.62. The molecule has 0 aromatic rings. The Bertz CT molecular complexity index is 542. The molecule has 0 unspecified atom stereocenters. The molecule has 0 aliphatic carbocycles. The molecule has 1 fully saturated rings. The predicted octanol–water partition coefficient (Wildman–Crippen LogP) is 1.03. The number of nitrogens with zero attached hydrogens (tertiary/aromatic N) is 2. The lowest BCUT2D eigenvalue weighted by Gasteiger charge is -2.32. The fourth-order valence-corrected chi connectivity index (χ4v) is 3.41. The molecule has 0 aromatic heterocycles. The molecule has 1 heterocycles. The Balaban J connectivity index is 2.46. The van der Waals surface area contributed by atoms with Crippen LogP contribution in [0.5, 0.6) is 0 Å². The van der Waals surface area contributed by atoms with E-state index in [-0.39, 0.29) is 24.6 Å². The second-order valence-corrected chi connectivity index (χ2v) is 8.79. The number of likely N-dealkylation sites (tertiary alicyclic amines) is 1. The van der Waals surface area contributed by atoms with Crippen LogP contribution in [0.3, 0.4) is 0 Å². The van der Waals surface area contributed by atoms with Crippen molar-refractivity contribution in [1.29, 1.82) is 0 Å². The highest BCUT2D eigenvalue weighted by Crippen LogP contribution is 2.12. The third kappa shape index (κ3) is 8.04. The van der Waals surface area contributed by atoms with Gasteiger partial charge in [-0.2, -0.15) is 4.31 Å². The summed E-state index contributed by atoms with van der Waals surface area (Å²) >= 11 is 0. The molecular formula is C16H31N3O5S. The first kappa shape index (κ1) is 21.7. The van der Waals surface area contributed by atoms with Crippen molar-refractivity contribution in [1.82, 2.24) is 14.5 Å². The SMILES string of the molecule is CCOC(=O)N1CCC(NC(=O)CN(CCC(C)C)S(C)(=O)=O)CC1. The van der Waals surface area contributed by atoms with E-state index >= 15 is 0 Å². The Labute approximate surface area is 150 Å². The largest absolute Gasteiger partial charge is 0.450 e. The van der Waals surface area contributed by atoms with Crippen LogP contribution in [0.1, 0.15) is 40.0 Å². The van der Waals surface area contributed by atoms with E-state index in [9.17, 15) is 18.0 Å². The second-order valence-electron chi connectivity index (χ2n) is 6.81. The lowest BCUT2D eigenvalue weighted by Crippen LogP contribution is -2.49. The van der Waals surface area contributed by atoms with Gasteiger partial charge in [-0.15, -0.1) is 0 Å². The van der Waals surface area contributed by atoms with Gasteiger partial charge in [-0.1, -0.05) is 13.8 Å². The lowest BCUT2D eigenvalue weighted by molar-refractivity contribution is -0.122. The maximum absolute atomic E-state index is 12.2. The maximum Gasteiger partial charge on any atom is 0.409 e. The van der Waals surface area contributed by atoms with Crippen LogP contribution in [-0.2, 0) is 19.6 Å². The average Bonchev–Trinajstić information content (AvgIpc) is 2.51. The van der Waals surface area contributed by atoms with Crippen LogP contribution in [0.25, 0.3) is 0 Å². The summed E-state index contributed by atoms with van der Waals surface area (Å²) in [5, 5.41) is 2.88. The number of ether oxygens (including phenoxy) is 1. The quantitative estimate of drug-likeness (QED) is 0.682. The van der Waals surface area contributed by atoms with Gasteiger partial charge in [0.25, 0.3) is 0 Å². The highest BCUT2D eigenvalue weighted by atomic mass is 32.2. The monoisotopic (exact) mass is 377 g/mol. The molecule has 1 rings (SSSR count). The smallest absolute Gasteiger partial charge is 0.409 e. The highest BCUT2D eigenvalue weighted by Gasteiger charge is 2.26. The number of hydrogen-bond donors (Lipinski definition) is 1. The first-order valence-electron chi connectivity index (χ1n) is 8.79. The predicted molar refractivity (Wildman–Crippen MR) is 95.6 cm³/mol. The molecule has 2 amide bonds. The molecule has 1 N–H and O–H groups in total. The van der Waals surface area contributed by atoms with Crippen LogP contribution in [0.4, 0.5) is 4.79 Å². The van der Waals surface area contributed by atoms with Gasteiger partial charge in [0.05, 0.1) is 19.4 Å². The maximum atomic E-state index is 12.2. The number of rotatable bonds is 8. The van der Waals surface area contributed by atoms with E-state index in [0.717, 1.165) is 6.26 Å². The summed E-state index contributed by atoms with van der Waals surface area (Å²) in [6.07, 6.45) is 2.77. The Morgan fingerprint density at radius 2 is 1.88 bits per heavy atom. The summed E-state index contributed by atoms with van der Waals surface area (Å²) in [7, 11) is -3.42. The van der Waals surface area contributed by atoms with Crippen molar-refractivity contribution < 1.29 is 22.7 Å². The van der Waals surface area contributed by atoms with Crippen molar-refractivity contribution in [3.63, 3.8) is 0 Å². The van der Waals surface area contributed by atoms with E-state index in [1.807, 2.05) is 13.8 Å². The Morgan fingerprint density at radius 3 is 2.36 bits per heavy atom. The van der Waals surface area contributed by atoms with Crippen molar-refractivity contribution in [3.8, 4) is 0 Å². The summed E-state index contributed by atoms with van der Waals surface area (Å²) in [4.78, 5) is 25.5. The zero-order chi connectivity index (χ0) is 19.0. The van der Waals surface area contributed by atoms with E-state index in [1.54, 1.807) is 11.8 Å². The van der Waals surface area contributed by atoms with Gasteiger partial charge in [-0.25, -0.2) is 13.2 Å². The molecule has 0 spiro atoms. The van der Waals surface area contributed by atoms with Crippen molar-refractivity contribution in [2.75, 3.05) is 39.0 Å². The van der Waals surface area contributed by atoms with Gasteiger partial charge < -0.3 is 15.0 Å². The summed E-state index contributed by atoms with van der Waals surface area (Å²) < 4.78 is 29.9. The van der Waals surface area contributed by atoms with Crippen LogP contribution >= 0.6 is 0 Å². The summed E-state index contributed by atoms with van der Waals surface area (Å²) in [6.45, 7) is 7.34. The molecule has 1 aliphatic heterocycles. The normalized spacial score (nSPS) is 16.3. The highest BCUT2D eigenvalue weighted by molar-refractivity contribution is 7.88. The zero-order valence-electron chi connectivity index (χ0n) is 15.7. The third-order valence-corrected chi connectivity index (χ3v) is 5.38. The third-order valence-electron chi connectivity index (χ3n) is 4.13. The second kappa shape index (κ2) is 9.96. The molecule has 8 nitrogen and oxygen atoms in total. The van der Waals surface area contributed by atoms with Gasteiger partial charge in [0.15, 0.2) is 0 Å². The summed E-state index contributed by atoms with van der Waals surface area (Å²) in [5.74, 6) is 0.0586. The molecule has 9 heteroatoms. The molecule has 0 aromatic carbocycles. The van der Waals surface area contributed by atoms with Crippen LogP contribution < -0.4 is 5.32 Å². The van der Waals surface area contributed by atoms with E-state index in [0.29, 0.717) is 51.4 Å². The zero-order valence-corrected chi connectivity index (χ0v) is 16.5. The number of carbonyl (C=O) groups is 2. The van der Waals surface area contributed by atoms with Gasteiger partial charge in [0.1, 0.15) is 0 Å². The van der Waals surface area contributed by atoms with Gasteiger partial charge in [-0.3, -0.25) is 4.79 Å². The molecule has 1 saturated heterocycles. The first-order chi connectivity index (χ1) is 11.6. The Morgan fingerprint density at radius 1 is 1.28 bits per heavy atom. The molecular weight excluding hydrogens is 346 g/mol. The first-order valence-corrected chi connectivity index (χ1v) is 10.6. The Hall–Kier alpha value is -1.35. The molecule has 25 heavy (non-hydrogen) atoms. The van der Waals surface area contributed by atoms with Crippen molar-refractivity contribution in [2.45, 2.75) is 46.1 Å². The fraction of sp³-hybridized carbons (Fsp3) is 0.875. The van der Waals surface area contributed by atoms with Crippen LogP contribution in [0.15, 0.2) is 0 Å². The number of carbonyl (C=O) groups excluding carboxylic acids is 2. The number of sulfonamides is 1. The molecule has 0 bridgehead atoms. The van der Waals surface area contributed by atoms with Gasteiger partial charge in [0, 0.05) is 25.7 Å². The minimum atomic E-state index is -3.42. The number of amides is 2. The van der Waals surface area contributed by atoms with Crippen molar-refractivity contribution >= 4 is 22.0 Å². The minimum Gasteiger partial charge on any atom is -0.450 e. The van der Waals surface area contributed by atoms with Crippen LogP contribution in [0, 0.1) is 5.92 Å². The van der Waals surface area contributed by atoms with E-state index in [1.165, 1.54) is 4.31 Å². The van der Waals surface area contributed by atoms with Crippen molar-refractivity contribution in [2.24, 2.45) is 5.92 Å². The lowest BCUT2D eigenvalue weighted by atomic mass is 10.1. The molecule has 0 saturated carbocycles. The number of hydrogen-bond acceptors (Lipinski definition) is 5. The van der Waals surface area contributed by atoms with E-state index in [4.69, 9.17) is 4.74 Å². The molecule has 1 aliphatic rings. The average molecular weight is 378 g/mol. The number of piperidine rings is 1. The van der Waals surface area contributed by atoms with E-state index < -0.39 is 10.0 Å². The van der Waals surface area contributed by atoms with Crippen LogP contribution in [-0.4, -0.2) is 74.7 Å².